The van der Waals surface area contributed by atoms with Gasteiger partial charge in [-0.15, -0.1) is 0 Å². The Labute approximate surface area is 223 Å². The van der Waals surface area contributed by atoms with Crippen molar-refractivity contribution in [2.45, 2.75) is 38.2 Å². The van der Waals surface area contributed by atoms with Gasteiger partial charge in [0.15, 0.2) is 0 Å². The van der Waals surface area contributed by atoms with Gasteiger partial charge in [-0.05, 0) is 109 Å². The molecule has 0 radical (unpaired) electrons. The Hall–Kier alpha value is -2.86. The van der Waals surface area contributed by atoms with Crippen molar-refractivity contribution in [1.82, 2.24) is 4.90 Å². The number of rotatable bonds is 8. The van der Waals surface area contributed by atoms with E-state index in [1.807, 2.05) is 42.5 Å². The normalized spacial score (nSPS) is 16.9. The summed E-state index contributed by atoms with van der Waals surface area (Å²) in [6.07, 6.45) is 4.42. The molecule has 5 rings (SSSR count). The number of fused-ring (bicyclic) bond motifs is 1. The number of ether oxygens (including phenoxy) is 2. The molecule has 0 spiro atoms. The van der Waals surface area contributed by atoms with Crippen molar-refractivity contribution >= 4 is 22.7 Å². The van der Waals surface area contributed by atoms with Crippen LogP contribution in [-0.4, -0.2) is 43.4 Å². The number of hydrogen-bond acceptors (Lipinski definition) is 4. The van der Waals surface area contributed by atoms with E-state index in [4.69, 9.17) is 21.1 Å². The first-order valence-corrected chi connectivity index (χ1v) is 13.4. The Morgan fingerprint density at radius 3 is 2.38 bits per heavy atom. The lowest BCUT2D eigenvalue weighted by molar-refractivity contribution is 0.183. The molecular formula is C31H33ClFNO3. The second-order valence-electron chi connectivity index (χ2n) is 9.76. The summed E-state index contributed by atoms with van der Waals surface area (Å²) in [4.78, 5) is 2.45. The highest BCUT2D eigenvalue weighted by Gasteiger charge is 2.28. The number of nitrogens with zero attached hydrogens (tertiary/aromatic N) is 1. The fraction of sp³-hybridized carbons (Fsp3) is 0.355. The first-order valence-electron chi connectivity index (χ1n) is 13.0. The number of piperidine rings is 1. The van der Waals surface area contributed by atoms with E-state index < -0.39 is 6.10 Å². The maximum absolute atomic E-state index is 13.8. The highest BCUT2D eigenvalue weighted by Crippen LogP contribution is 2.46. The summed E-state index contributed by atoms with van der Waals surface area (Å²) >= 11 is 6.48. The third kappa shape index (κ3) is 5.85. The van der Waals surface area contributed by atoms with Crippen LogP contribution in [0.4, 0.5) is 4.39 Å². The summed E-state index contributed by atoms with van der Waals surface area (Å²) < 4.78 is 25.2. The Morgan fingerprint density at radius 2 is 1.65 bits per heavy atom. The van der Waals surface area contributed by atoms with Crippen LogP contribution in [0.25, 0.3) is 11.1 Å². The van der Waals surface area contributed by atoms with E-state index in [0.717, 1.165) is 71.0 Å². The second kappa shape index (κ2) is 11.7. The molecule has 3 aromatic rings. The number of methoxy groups -OCH3 is 1. The third-order valence-corrected chi connectivity index (χ3v) is 7.74. The minimum absolute atomic E-state index is 0.342. The van der Waals surface area contributed by atoms with Gasteiger partial charge < -0.3 is 14.6 Å². The number of halogens is 2. The van der Waals surface area contributed by atoms with E-state index in [9.17, 15) is 9.50 Å². The molecule has 0 saturated carbocycles. The summed E-state index contributed by atoms with van der Waals surface area (Å²) in [5.74, 6) is 1.19. The zero-order valence-corrected chi connectivity index (χ0v) is 21.9. The molecule has 1 atom stereocenters. The van der Waals surface area contributed by atoms with Gasteiger partial charge in [0.1, 0.15) is 30.0 Å². The fourth-order valence-corrected chi connectivity index (χ4v) is 5.72. The number of hydrogen-bond donors (Lipinski definition) is 1. The highest BCUT2D eigenvalue weighted by molar-refractivity contribution is 6.32. The number of aryl methyl sites for hydroxylation is 1. The van der Waals surface area contributed by atoms with Crippen molar-refractivity contribution < 1.29 is 19.0 Å². The number of allylic oxidation sites excluding steroid dienone is 1. The maximum Gasteiger partial charge on any atom is 0.124 e. The largest absolute Gasteiger partial charge is 0.497 e. The predicted molar refractivity (Wildman–Crippen MR) is 147 cm³/mol. The molecule has 2 aliphatic rings. The minimum atomic E-state index is -0.883. The summed E-state index contributed by atoms with van der Waals surface area (Å²) in [6.45, 7) is 3.88. The van der Waals surface area contributed by atoms with Crippen molar-refractivity contribution in [3.05, 3.63) is 93.8 Å². The van der Waals surface area contributed by atoms with Gasteiger partial charge >= 0.3 is 0 Å². The van der Waals surface area contributed by atoms with Crippen LogP contribution >= 0.6 is 11.6 Å². The molecule has 0 aromatic heterocycles. The topological polar surface area (TPSA) is 41.9 Å². The van der Waals surface area contributed by atoms with E-state index in [1.54, 1.807) is 13.2 Å². The van der Waals surface area contributed by atoms with Gasteiger partial charge in [0.05, 0.1) is 12.1 Å². The van der Waals surface area contributed by atoms with Crippen LogP contribution in [0, 0.1) is 5.82 Å². The van der Waals surface area contributed by atoms with Crippen LogP contribution in [0.3, 0.4) is 0 Å². The average molecular weight is 522 g/mol. The zero-order valence-electron chi connectivity index (χ0n) is 21.2. The second-order valence-corrected chi connectivity index (χ2v) is 10.2. The van der Waals surface area contributed by atoms with Crippen LogP contribution in [0.15, 0.2) is 60.7 Å². The van der Waals surface area contributed by atoms with E-state index in [1.165, 1.54) is 31.4 Å². The molecule has 3 aromatic carbocycles. The van der Waals surface area contributed by atoms with Crippen LogP contribution in [0.5, 0.6) is 11.5 Å². The smallest absolute Gasteiger partial charge is 0.124 e. The Balaban J connectivity index is 1.42. The summed E-state index contributed by atoms with van der Waals surface area (Å²) in [5, 5.41) is 12.0. The summed E-state index contributed by atoms with van der Waals surface area (Å²) in [5.41, 5.74) is 5.28. The summed E-state index contributed by atoms with van der Waals surface area (Å²) in [6, 6.07) is 18.0. The molecule has 37 heavy (non-hydrogen) atoms. The van der Waals surface area contributed by atoms with E-state index >= 15 is 0 Å². The lowest BCUT2D eigenvalue weighted by atomic mass is 9.79. The van der Waals surface area contributed by atoms with Gasteiger partial charge in [0, 0.05) is 6.54 Å². The lowest BCUT2D eigenvalue weighted by Gasteiger charge is -2.28. The van der Waals surface area contributed by atoms with E-state index in [-0.39, 0.29) is 5.82 Å². The molecule has 1 saturated heterocycles. The molecule has 1 heterocycles. The molecule has 1 N–H and O–H groups in total. The molecule has 1 fully saturated rings. The van der Waals surface area contributed by atoms with Gasteiger partial charge in [0.25, 0.3) is 0 Å². The third-order valence-electron chi connectivity index (χ3n) is 7.42. The number of aliphatic hydroxyl groups excluding tert-OH is 1. The highest BCUT2D eigenvalue weighted by atomic mass is 35.5. The van der Waals surface area contributed by atoms with Crippen LogP contribution in [-0.2, 0) is 6.42 Å². The molecule has 0 amide bonds. The zero-order chi connectivity index (χ0) is 25.8. The first kappa shape index (κ1) is 25.8. The van der Waals surface area contributed by atoms with Crippen molar-refractivity contribution in [3.63, 3.8) is 0 Å². The fourth-order valence-electron chi connectivity index (χ4n) is 5.44. The number of likely N-dealkylation sites (tertiary alicyclic amines) is 1. The standard InChI is InChI=1S/C31H33ClFNO3/c1-36-25-11-14-26-22(19-25)7-12-28(27-13-8-23(33)20-29(27)32)30(26)31(35)21-5-9-24(10-6-21)37-18-17-34-15-3-2-4-16-34/h5-6,8-11,13-14,19-20,31,35H,2-4,7,12,15-18H2,1H3. The monoisotopic (exact) mass is 521 g/mol. The molecular weight excluding hydrogens is 489 g/mol. The molecule has 1 unspecified atom stereocenters. The SMILES string of the molecule is COc1ccc2c(c1)CCC(c1ccc(F)cc1Cl)=C2C(O)c1ccc(OCCN2CCCCC2)cc1. The van der Waals surface area contributed by atoms with Crippen LogP contribution in [0.1, 0.15) is 54.0 Å². The van der Waals surface area contributed by atoms with Crippen LogP contribution < -0.4 is 9.47 Å². The van der Waals surface area contributed by atoms with Crippen LogP contribution in [0.2, 0.25) is 5.02 Å². The Morgan fingerprint density at radius 1 is 0.919 bits per heavy atom. The van der Waals surface area contributed by atoms with Crippen molar-refractivity contribution in [2.24, 2.45) is 0 Å². The molecule has 6 heteroatoms. The van der Waals surface area contributed by atoms with Gasteiger partial charge in [0.2, 0.25) is 0 Å². The van der Waals surface area contributed by atoms with Crippen molar-refractivity contribution in [2.75, 3.05) is 33.4 Å². The van der Waals surface area contributed by atoms with Crippen molar-refractivity contribution in [1.29, 1.82) is 0 Å². The first-order chi connectivity index (χ1) is 18.0. The molecule has 194 valence electrons. The number of benzene rings is 3. The minimum Gasteiger partial charge on any atom is -0.497 e. The Kier molecular flexibility index (Phi) is 8.14. The molecule has 0 bridgehead atoms. The van der Waals surface area contributed by atoms with Gasteiger partial charge in [-0.1, -0.05) is 42.3 Å². The van der Waals surface area contributed by atoms with Gasteiger partial charge in [-0.25, -0.2) is 4.39 Å². The van der Waals surface area contributed by atoms with E-state index in [2.05, 4.69) is 4.90 Å². The summed E-state index contributed by atoms with van der Waals surface area (Å²) in [7, 11) is 1.65. The molecule has 1 aliphatic carbocycles. The predicted octanol–water partition coefficient (Wildman–Crippen LogP) is 6.94. The molecule has 4 nitrogen and oxygen atoms in total. The Bertz CT molecular complexity index is 1270. The van der Waals surface area contributed by atoms with Crippen molar-refractivity contribution in [3.8, 4) is 11.5 Å². The molecule has 1 aliphatic heterocycles. The number of aliphatic hydroxyl groups is 1. The maximum atomic E-state index is 13.8. The van der Waals surface area contributed by atoms with Gasteiger partial charge in [-0.3, -0.25) is 4.90 Å². The van der Waals surface area contributed by atoms with Gasteiger partial charge in [-0.2, -0.15) is 0 Å². The quantitative estimate of drug-likeness (QED) is 0.348. The average Bonchev–Trinajstić information content (AvgIpc) is 2.93. The lowest BCUT2D eigenvalue weighted by Crippen LogP contribution is -2.33. The van der Waals surface area contributed by atoms with E-state index in [0.29, 0.717) is 18.1 Å².